The molecule has 2 aromatic rings. The smallest absolute Gasteiger partial charge is 0.323 e. The summed E-state index contributed by atoms with van der Waals surface area (Å²) in [6, 6.07) is 10.3. The molecule has 1 saturated carbocycles. The van der Waals surface area contributed by atoms with Crippen molar-refractivity contribution >= 4 is 50.6 Å². The molecule has 0 radical (unpaired) electrons. The lowest BCUT2D eigenvalue weighted by molar-refractivity contribution is -0.140. The molecule has 10 nitrogen and oxygen atoms in total. The van der Waals surface area contributed by atoms with Crippen molar-refractivity contribution in [1.82, 2.24) is 0 Å². The van der Waals surface area contributed by atoms with Crippen LogP contribution in [0.4, 0.5) is 22.7 Å². The number of nitrogens with zero attached hydrogens (tertiary/aromatic N) is 2. The van der Waals surface area contributed by atoms with Crippen LogP contribution in [0.3, 0.4) is 0 Å². The zero-order valence-corrected chi connectivity index (χ0v) is 24.0. The molecule has 1 saturated heterocycles. The van der Waals surface area contributed by atoms with Crippen molar-refractivity contribution in [2.24, 2.45) is 5.41 Å². The normalized spacial score (nSPS) is 17.6. The number of hydrogen-bond acceptors (Lipinski definition) is 7. The van der Waals surface area contributed by atoms with Crippen LogP contribution in [-0.2, 0) is 30.8 Å². The van der Waals surface area contributed by atoms with Crippen molar-refractivity contribution in [1.29, 1.82) is 0 Å². The van der Waals surface area contributed by atoms with Gasteiger partial charge in [-0.3, -0.25) is 19.1 Å². The monoisotopic (exact) mass is 568 g/mol. The van der Waals surface area contributed by atoms with E-state index < -0.39 is 21.7 Å². The number of benzene rings is 2. The molecular weight excluding hydrogens is 532 g/mol. The number of amides is 2. The van der Waals surface area contributed by atoms with Gasteiger partial charge in [0.1, 0.15) is 0 Å². The van der Waals surface area contributed by atoms with Crippen molar-refractivity contribution in [3.63, 3.8) is 0 Å². The Morgan fingerprint density at radius 3 is 2.33 bits per heavy atom. The zero-order chi connectivity index (χ0) is 28.7. The van der Waals surface area contributed by atoms with Gasteiger partial charge in [0.2, 0.25) is 15.9 Å². The van der Waals surface area contributed by atoms with Crippen LogP contribution >= 0.6 is 0 Å². The number of esters is 1. The summed E-state index contributed by atoms with van der Waals surface area (Å²) < 4.78 is 32.4. The second-order valence-corrected chi connectivity index (χ2v) is 12.9. The van der Waals surface area contributed by atoms with Crippen molar-refractivity contribution in [2.45, 2.75) is 58.9 Å². The molecule has 0 atom stereocenters. The Kier molecular flexibility index (Phi) is 7.52. The van der Waals surface area contributed by atoms with E-state index in [0.29, 0.717) is 28.8 Å². The molecule has 0 bridgehead atoms. The minimum absolute atomic E-state index is 0.000295. The van der Waals surface area contributed by atoms with E-state index in [2.05, 4.69) is 14.9 Å². The highest BCUT2D eigenvalue weighted by Crippen LogP contribution is 2.54. The number of piperidine rings is 1. The number of hydrogen-bond donors (Lipinski definition) is 2. The standard InChI is InChI=1S/C29H36N4O6S/c1-4-39-27(35)18-40(37,38)31-22-7-8-23(25(17-22)32-13-11-29(9-10-29)12-14-32)28(36)30-21-6-5-20-15-26(34)33(19(2)3)24(20)16-21/h5-8,16-17,19,31H,4,9-15,18H2,1-3H3,(H,30,36). The van der Waals surface area contributed by atoms with E-state index >= 15 is 0 Å². The topological polar surface area (TPSA) is 125 Å². The Morgan fingerprint density at radius 2 is 1.68 bits per heavy atom. The van der Waals surface area contributed by atoms with Gasteiger partial charge < -0.3 is 19.9 Å². The largest absolute Gasteiger partial charge is 0.465 e. The van der Waals surface area contributed by atoms with Crippen molar-refractivity contribution < 1.29 is 27.5 Å². The summed E-state index contributed by atoms with van der Waals surface area (Å²) in [5, 5.41) is 2.97. The van der Waals surface area contributed by atoms with Gasteiger partial charge in [0.15, 0.2) is 5.75 Å². The Balaban J connectivity index is 1.40. The van der Waals surface area contributed by atoms with Gasteiger partial charge in [-0.25, -0.2) is 8.42 Å². The van der Waals surface area contributed by atoms with Crippen LogP contribution in [-0.4, -0.2) is 57.7 Å². The minimum Gasteiger partial charge on any atom is -0.465 e. The van der Waals surface area contributed by atoms with Crippen LogP contribution in [0.5, 0.6) is 0 Å². The molecule has 214 valence electrons. The number of ether oxygens (including phenoxy) is 1. The summed E-state index contributed by atoms with van der Waals surface area (Å²) in [5.74, 6) is -1.92. The molecule has 2 fully saturated rings. The summed E-state index contributed by atoms with van der Waals surface area (Å²) in [6.45, 7) is 7.15. The molecule has 2 N–H and O–H groups in total. The average Bonchev–Trinajstić information content (AvgIpc) is 3.54. The lowest BCUT2D eigenvalue weighted by Crippen LogP contribution is -2.36. The fourth-order valence-corrected chi connectivity index (χ4v) is 6.64. The van der Waals surface area contributed by atoms with Gasteiger partial charge in [-0.2, -0.15) is 0 Å². The molecule has 3 aliphatic rings. The van der Waals surface area contributed by atoms with Crippen LogP contribution < -0.4 is 19.8 Å². The van der Waals surface area contributed by atoms with Gasteiger partial charge in [-0.15, -0.1) is 0 Å². The molecule has 2 aromatic carbocycles. The summed E-state index contributed by atoms with van der Waals surface area (Å²) >= 11 is 0. The molecule has 1 spiro atoms. The van der Waals surface area contributed by atoms with Gasteiger partial charge in [0, 0.05) is 30.5 Å². The van der Waals surface area contributed by atoms with Crippen LogP contribution in [0.15, 0.2) is 36.4 Å². The molecule has 11 heteroatoms. The Hall–Kier alpha value is -3.60. The van der Waals surface area contributed by atoms with Crippen LogP contribution in [0, 0.1) is 5.41 Å². The number of nitrogens with one attached hydrogen (secondary N) is 2. The SMILES string of the molecule is CCOC(=O)CS(=O)(=O)Nc1ccc(C(=O)Nc2ccc3c(c2)N(C(C)C)C(=O)C3)c(N2CCC3(CC2)CC3)c1. The lowest BCUT2D eigenvalue weighted by atomic mass is 9.93. The lowest BCUT2D eigenvalue weighted by Gasteiger charge is -2.35. The molecule has 1 aliphatic carbocycles. The molecule has 2 amide bonds. The Morgan fingerprint density at radius 1 is 1.00 bits per heavy atom. The first-order chi connectivity index (χ1) is 19.0. The second-order valence-electron chi connectivity index (χ2n) is 11.2. The summed E-state index contributed by atoms with van der Waals surface area (Å²) in [5.41, 5.74) is 4.04. The van der Waals surface area contributed by atoms with E-state index in [-0.39, 0.29) is 30.2 Å². The van der Waals surface area contributed by atoms with Crippen LogP contribution in [0.2, 0.25) is 0 Å². The van der Waals surface area contributed by atoms with Crippen molar-refractivity contribution in [3.8, 4) is 0 Å². The summed E-state index contributed by atoms with van der Waals surface area (Å²) in [4.78, 5) is 41.7. The third-order valence-electron chi connectivity index (χ3n) is 7.98. The number of fused-ring (bicyclic) bond motifs is 1. The third-order valence-corrected chi connectivity index (χ3v) is 9.14. The van der Waals surface area contributed by atoms with Crippen molar-refractivity contribution in [2.75, 3.05) is 45.3 Å². The van der Waals surface area contributed by atoms with Crippen molar-refractivity contribution in [3.05, 3.63) is 47.5 Å². The highest BCUT2D eigenvalue weighted by molar-refractivity contribution is 7.93. The maximum atomic E-state index is 13.6. The van der Waals surface area contributed by atoms with Gasteiger partial charge in [-0.1, -0.05) is 6.07 Å². The number of rotatable bonds is 9. The maximum absolute atomic E-state index is 13.6. The van der Waals surface area contributed by atoms with E-state index in [1.165, 1.54) is 18.9 Å². The first-order valence-electron chi connectivity index (χ1n) is 13.8. The zero-order valence-electron chi connectivity index (χ0n) is 23.2. The number of anilines is 4. The quantitative estimate of drug-likeness (QED) is 0.439. The molecule has 2 heterocycles. The van der Waals surface area contributed by atoms with E-state index in [4.69, 9.17) is 4.74 Å². The molecule has 2 aliphatic heterocycles. The van der Waals surface area contributed by atoms with E-state index in [1.807, 2.05) is 26.0 Å². The Labute approximate surface area is 235 Å². The van der Waals surface area contributed by atoms with Crippen LogP contribution in [0.25, 0.3) is 0 Å². The Bertz CT molecular complexity index is 1440. The van der Waals surface area contributed by atoms with E-state index in [1.54, 1.807) is 30.0 Å². The van der Waals surface area contributed by atoms with Gasteiger partial charge >= 0.3 is 5.97 Å². The van der Waals surface area contributed by atoms with E-state index in [9.17, 15) is 22.8 Å². The molecule has 40 heavy (non-hydrogen) atoms. The second kappa shape index (κ2) is 10.8. The predicted molar refractivity (Wildman–Crippen MR) is 154 cm³/mol. The fourth-order valence-electron chi connectivity index (χ4n) is 5.68. The summed E-state index contributed by atoms with van der Waals surface area (Å²) in [7, 11) is -3.99. The highest BCUT2D eigenvalue weighted by atomic mass is 32.2. The van der Waals surface area contributed by atoms with Gasteiger partial charge in [-0.05, 0) is 87.8 Å². The van der Waals surface area contributed by atoms with Crippen LogP contribution in [0.1, 0.15) is 62.4 Å². The molecule has 0 aromatic heterocycles. The number of carbonyl (C=O) groups is 3. The van der Waals surface area contributed by atoms with E-state index in [0.717, 1.165) is 37.2 Å². The fraction of sp³-hybridized carbons (Fsp3) is 0.483. The minimum atomic E-state index is -3.99. The molecule has 0 unspecified atom stereocenters. The molecular formula is C29H36N4O6S. The highest BCUT2D eigenvalue weighted by Gasteiger charge is 2.44. The average molecular weight is 569 g/mol. The number of sulfonamides is 1. The maximum Gasteiger partial charge on any atom is 0.323 e. The first kappa shape index (κ1) is 27.9. The molecule has 5 rings (SSSR count). The van der Waals surface area contributed by atoms with Gasteiger partial charge in [0.05, 0.1) is 30.0 Å². The predicted octanol–water partition coefficient (Wildman–Crippen LogP) is 3.92. The van der Waals surface area contributed by atoms with Gasteiger partial charge in [0.25, 0.3) is 5.91 Å². The first-order valence-corrected chi connectivity index (χ1v) is 15.5. The summed E-state index contributed by atoms with van der Waals surface area (Å²) in [6.07, 6.45) is 4.86. The third kappa shape index (κ3) is 5.94. The number of carbonyl (C=O) groups excluding carboxylic acids is 3.